The summed E-state index contributed by atoms with van der Waals surface area (Å²) in [5, 5.41) is 13.6. The largest absolute Gasteiger partial charge is 0.362 e. The molecular weight excluding hydrogens is 280 g/mol. The van der Waals surface area contributed by atoms with Gasteiger partial charge in [0.1, 0.15) is 0 Å². The molecule has 0 unspecified atom stereocenters. The van der Waals surface area contributed by atoms with Crippen LogP contribution in [0.25, 0.3) is 6.08 Å². The van der Waals surface area contributed by atoms with Crippen LogP contribution in [0.4, 0.5) is 5.69 Å². The lowest BCUT2D eigenvalue weighted by Crippen LogP contribution is -2.46. The summed E-state index contributed by atoms with van der Waals surface area (Å²) in [6.07, 6.45) is 2.83. The summed E-state index contributed by atoms with van der Waals surface area (Å²) in [6, 6.07) is 5.85. The number of carbonyl (C=O) groups is 1. The lowest BCUT2D eigenvalue weighted by Gasteiger charge is -2.07. The van der Waals surface area contributed by atoms with Gasteiger partial charge >= 0.3 is 0 Å². The van der Waals surface area contributed by atoms with Crippen LogP contribution in [0.1, 0.15) is 12.5 Å². The first-order valence-electron chi connectivity index (χ1n) is 5.79. The van der Waals surface area contributed by atoms with Crippen molar-refractivity contribution in [2.45, 2.75) is 6.92 Å². The molecule has 106 valence electrons. The van der Waals surface area contributed by atoms with Crippen LogP contribution >= 0.6 is 12.2 Å². The highest BCUT2D eigenvalue weighted by atomic mass is 32.1. The average molecular weight is 294 g/mol. The Morgan fingerprint density at radius 1 is 1.35 bits per heavy atom. The minimum absolute atomic E-state index is 0.00394. The van der Waals surface area contributed by atoms with Gasteiger partial charge in [-0.15, -0.1) is 0 Å². The first-order chi connectivity index (χ1) is 9.52. The van der Waals surface area contributed by atoms with E-state index >= 15 is 0 Å². The average Bonchev–Trinajstić information content (AvgIpc) is 2.43. The molecule has 0 heterocycles. The minimum Gasteiger partial charge on any atom is -0.362 e. The Morgan fingerprint density at radius 3 is 2.55 bits per heavy atom. The quantitative estimate of drug-likeness (QED) is 0.333. The molecule has 0 spiro atoms. The molecular formula is C12H14N4O3S. The molecule has 0 aliphatic heterocycles. The molecule has 0 saturated carbocycles. The van der Waals surface area contributed by atoms with E-state index in [9.17, 15) is 14.9 Å². The van der Waals surface area contributed by atoms with Gasteiger partial charge in [0.15, 0.2) is 5.11 Å². The van der Waals surface area contributed by atoms with Gasteiger partial charge < -0.3 is 5.32 Å². The number of nitro groups is 1. The molecule has 0 saturated heterocycles. The van der Waals surface area contributed by atoms with Crippen molar-refractivity contribution in [1.29, 1.82) is 0 Å². The van der Waals surface area contributed by atoms with Crippen LogP contribution in [0.3, 0.4) is 0 Å². The predicted molar refractivity (Wildman–Crippen MR) is 79.7 cm³/mol. The standard InChI is InChI=1S/C12H14N4O3S/c1-2-13-12(20)15-14-11(17)8-5-9-3-6-10(7-4-9)16(18)19/h3-8H,2H2,1H3,(H,14,17)(H2,13,15,20). The van der Waals surface area contributed by atoms with Gasteiger partial charge in [-0.25, -0.2) is 0 Å². The number of nitrogens with zero attached hydrogens (tertiary/aromatic N) is 1. The Labute approximate surface area is 121 Å². The van der Waals surface area contributed by atoms with Gasteiger partial charge in [-0.3, -0.25) is 25.8 Å². The molecule has 3 N–H and O–H groups in total. The lowest BCUT2D eigenvalue weighted by molar-refractivity contribution is -0.384. The molecule has 0 radical (unpaired) electrons. The van der Waals surface area contributed by atoms with Gasteiger partial charge in [-0.2, -0.15) is 0 Å². The number of amides is 1. The summed E-state index contributed by atoms with van der Waals surface area (Å²) >= 11 is 4.86. The fraction of sp³-hybridized carbons (Fsp3) is 0.167. The fourth-order valence-electron chi connectivity index (χ4n) is 1.24. The van der Waals surface area contributed by atoms with Crippen molar-refractivity contribution in [3.63, 3.8) is 0 Å². The van der Waals surface area contributed by atoms with Crippen LogP contribution in [0.15, 0.2) is 30.3 Å². The van der Waals surface area contributed by atoms with Crippen molar-refractivity contribution in [3.8, 4) is 0 Å². The third-order valence-corrected chi connectivity index (χ3v) is 2.41. The number of hydrogen-bond acceptors (Lipinski definition) is 4. The Hall–Kier alpha value is -2.48. The van der Waals surface area contributed by atoms with E-state index in [4.69, 9.17) is 12.2 Å². The van der Waals surface area contributed by atoms with Gasteiger partial charge in [0, 0.05) is 24.8 Å². The van der Waals surface area contributed by atoms with Gasteiger partial charge in [0.2, 0.25) is 0 Å². The Morgan fingerprint density at radius 2 is 2.00 bits per heavy atom. The summed E-state index contributed by atoms with van der Waals surface area (Å²) in [4.78, 5) is 21.4. The molecule has 1 aromatic rings. The first kappa shape index (κ1) is 15.6. The second-order valence-electron chi connectivity index (χ2n) is 3.66. The summed E-state index contributed by atoms with van der Waals surface area (Å²) in [6.45, 7) is 2.53. The second kappa shape index (κ2) is 7.85. The molecule has 20 heavy (non-hydrogen) atoms. The number of benzene rings is 1. The maximum absolute atomic E-state index is 11.4. The molecule has 0 bridgehead atoms. The predicted octanol–water partition coefficient (Wildman–Crippen LogP) is 1.12. The molecule has 1 rings (SSSR count). The van der Waals surface area contributed by atoms with Crippen molar-refractivity contribution in [1.82, 2.24) is 16.2 Å². The van der Waals surface area contributed by atoms with Gasteiger partial charge in [-0.05, 0) is 42.9 Å². The molecule has 0 aromatic heterocycles. The van der Waals surface area contributed by atoms with Crippen molar-refractivity contribution >= 4 is 35.0 Å². The smallest absolute Gasteiger partial charge is 0.269 e. The summed E-state index contributed by atoms with van der Waals surface area (Å²) in [7, 11) is 0. The molecule has 0 atom stereocenters. The zero-order valence-corrected chi connectivity index (χ0v) is 11.6. The monoisotopic (exact) mass is 294 g/mol. The molecule has 1 aromatic carbocycles. The number of carbonyl (C=O) groups excluding carboxylic acids is 1. The van der Waals surface area contributed by atoms with E-state index in [0.29, 0.717) is 17.2 Å². The second-order valence-corrected chi connectivity index (χ2v) is 4.06. The van der Waals surface area contributed by atoms with Crippen LogP contribution in [-0.4, -0.2) is 22.5 Å². The molecule has 1 amide bonds. The number of nitro benzene ring substituents is 1. The summed E-state index contributed by atoms with van der Waals surface area (Å²) in [5.74, 6) is -0.386. The Balaban J connectivity index is 2.48. The molecule has 0 aliphatic carbocycles. The highest BCUT2D eigenvalue weighted by molar-refractivity contribution is 7.80. The van der Waals surface area contributed by atoms with Crippen LogP contribution < -0.4 is 16.2 Å². The number of hydrogen-bond donors (Lipinski definition) is 3. The van der Waals surface area contributed by atoms with E-state index in [1.807, 2.05) is 6.92 Å². The van der Waals surface area contributed by atoms with Gasteiger partial charge in [-0.1, -0.05) is 0 Å². The number of rotatable bonds is 4. The molecule has 0 fully saturated rings. The zero-order chi connectivity index (χ0) is 15.0. The normalized spacial score (nSPS) is 10.1. The van der Waals surface area contributed by atoms with Gasteiger partial charge in [0.05, 0.1) is 4.92 Å². The lowest BCUT2D eigenvalue weighted by atomic mass is 10.2. The maximum atomic E-state index is 11.4. The number of non-ortho nitro benzene ring substituents is 1. The Kier molecular flexibility index (Phi) is 6.11. The number of thiocarbonyl (C=S) groups is 1. The van der Waals surface area contributed by atoms with Crippen molar-refractivity contribution in [2.24, 2.45) is 0 Å². The molecule has 7 nitrogen and oxygen atoms in total. The molecule has 8 heteroatoms. The molecule has 0 aliphatic rings. The first-order valence-corrected chi connectivity index (χ1v) is 6.20. The summed E-state index contributed by atoms with van der Waals surface area (Å²) in [5.41, 5.74) is 5.59. The van der Waals surface area contributed by atoms with Crippen molar-refractivity contribution in [2.75, 3.05) is 6.54 Å². The number of nitrogens with one attached hydrogen (secondary N) is 3. The van der Waals surface area contributed by atoms with E-state index in [0.717, 1.165) is 0 Å². The van der Waals surface area contributed by atoms with Crippen molar-refractivity contribution in [3.05, 3.63) is 46.0 Å². The third-order valence-electron chi connectivity index (χ3n) is 2.17. The topological polar surface area (TPSA) is 96.3 Å². The van der Waals surface area contributed by atoms with Crippen LogP contribution in [-0.2, 0) is 4.79 Å². The fourth-order valence-corrected chi connectivity index (χ4v) is 1.44. The zero-order valence-electron chi connectivity index (χ0n) is 10.8. The maximum Gasteiger partial charge on any atom is 0.269 e. The minimum atomic E-state index is -0.480. The van der Waals surface area contributed by atoms with E-state index in [2.05, 4.69) is 16.2 Å². The van der Waals surface area contributed by atoms with Crippen LogP contribution in [0, 0.1) is 10.1 Å². The number of hydrazine groups is 1. The highest BCUT2D eigenvalue weighted by Crippen LogP contribution is 2.12. The van der Waals surface area contributed by atoms with E-state index in [1.54, 1.807) is 12.1 Å². The van der Waals surface area contributed by atoms with Crippen LogP contribution in [0.2, 0.25) is 0 Å². The summed E-state index contributed by atoms with van der Waals surface area (Å²) < 4.78 is 0. The highest BCUT2D eigenvalue weighted by Gasteiger charge is 2.02. The van der Waals surface area contributed by atoms with Crippen LogP contribution in [0.5, 0.6) is 0 Å². The Bertz CT molecular complexity index is 528. The van der Waals surface area contributed by atoms with E-state index in [-0.39, 0.29) is 11.6 Å². The SMILES string of the molecule is CCNC(=S)NNC(=O)C=Cc1ccc([N+](=O)[O-])cc1. The third kappa shape index (κ3) is 5.44. The van der Waals surface area contributed by atoms with Gasteiger partial charge in [0.25, 0.3) is 11.6 Å². The van der Waals surface area contributed by atoms with Crippen molar-refractivity contribution < 1.29 is 9.72 Å². The van der Waals surface area contributed by atoms with E-state index < -0.39 is 4.92 Å². The van der Waals surface area contributed by atoms with E-state index in [1.165, 1.54) is 24.3 Å².